The minimum absolute atomic E-state index is 0.158. The molecule has 1 aromatic carbocycles. The van der Waals surface area contributed by atoms with Crippen LogP contribution in [0.4, 0.5) is 0 Å². The Kier molecular flexibility index (Phi) is 4.39. The van der Waals surface area contributed by atoms with Gasteiger partial charge in [0.25, 0.3) is 11.5 Å². The molecule has 0 unspecified atom stereocenters. The summed E-state index contributed by atoms with van der Waals surface area (Å²) in [5.41, 5.74) is 1.53. The lowest BCUT2D eigenvalue weighted by Crippen LogP contribution is -2.31. The van der Waals surface area contributed by atoms with E-state index in [1.54, 1.807) is 26.1 Å². The molecule has 0 saturated heterocycles. The van der Waals surface area contributed by atoms with Gasteiger partial charge >= 0.3 is 0 Å². The van der Waals surface area contributed by atoms with Gasteiger partial charge in [0.2, 0.25) is 0 Å². The molecule has 1 aromatic heterocycles. The van der Waals surface area contributed by atoms with Gasteiger partial charge in [-0.25, -0.2) is 0 Å². The minimum atomic E-state index is -0.353. The molecule has 2 aromatic rings. The van der Waals surface area contributed by atoms with E-state index in [0.29, 0.717) is 6.54 Å². The molecule has 0 bridgehead atoms. The summed E-state index contributed by atoms with van der Waals surface area (Å²) in [6.45, 7) is 2.22. The van der Waals surface area contributed by atoms with Crippen molar-refractivity contribution in [1.82, 2.24) is 9.88 Å². The number of aromatic nitrogens is 1. The maximum absolute atomic E-state index is 12.3. The lowest BCUT2D eigenvalue weighted by Gasteiger charge is -2.17. The van der Waals surface area contributed by atoms with E-state index >= 15 is 0 Å². The number of hydrogen-bond acceptors (Lipinski definition) is 2. The quantitative estimate of drug-likeness (QED) is 0.938. The SMILES string of the molecule is Cc1ccc(C(=O)N(C)Cc2ccccc2Br)c(=O)[nH]1. The molecule has 0 atom stereocenters. The number of pyridine rings is 1. The zero-order chi connectivity index (χ0) is 14.7. The van der Waals surface area contributed by atoms with Crippen LogP contribution in [0, 0.1) is 6.92 Å². The highest BCUT2D eigenvalue weighted by atomic mass is 79.9. The van der Waals surface area contributed by atoms with Crippen molar-refractivity contribution in [2.75, 3.05) is 7.05 Å². The Balaban J connectivity index is 2.21. The number of halogens is 1. The molecule has 0 aliphatic rings. The van der Waals surface area contributed by atoms with Gasteiger partial charge in [-0.3, -0.25) is 9.59 Å². The number of aromatic amines is 1. The van der Waals surface area contributed by atoms with Gasteiger partial charge in [-0.15, -0.1) is 0 Å². The van der Waals surface area contributed by atoms with E-state index in [0.717, 1.165) is 15.7 Å². The number of H-pyrrole nitrogens is 1. The second-order valence-corrected chi connectivity index (χ2v) is 5.49. The molecular formula is C15H15BrN2O2. The van der Waals surface area contributed by atoms with Crippen LogP contribution >= 0.6 is 15.9 Å². The number of hydrogen-bond donors (Lipinski definition) is 1. The minimum Gasteiger partial charge on any atom is -0.337 e. The van der Waals surface area contributed by atoms with E-state index in [-0.39, 0.29) is 17.0 Å². The third kappa shape index (κ3) is 3.17. The van der Waals surface area contributed by atoms with Crippen molar-refractivity contribution in [3.05, 3.63) is 68.0 Å². The number of aryl methyl sites for hydroxylation is 1. The summed E-state index contributed by atoms with van der Waals surface area (Å²) in [4.78, 5) is 28.2. The fourth-order valence-electron chi connectivity index (χ4n) is 1.90. The van der Waals surface area contributed by atoms with Gasteiger partial charge in [-0.05, 0) is 30.7 Å². The summed E-state index contributed by atoms with van der Waals surface area (Å²) in [5, 5.41) is 0. The highest BCUT2D eigenvalue weighted by molar-refractivity contribution is 9.10. The van der Waals surface area contributed by atoms with Crippen LogP contribution in [0.2, 0.25) is 0 Å². The first-order valence-corrected chi connectivity index (χ1v) is 6.97. The Morgan fingerprint density at radius 1 is 1.25 bits per heavy atom. The van der Waals surface area contributed by atoms with Crippen molar-refractivity contribution < 1.29 is 4.79 Å². The van der Waals surface area contributed by atoms with Crippen molar-refractivity contribution in [2.24, 2.45) is 0 Å². The van der Waals surface area contributed by atoms with Crippen LogP contribution in [0.15, 0.2) is 45.7 Å². The summed E-state index contributed by atoms with van der Waals surface area (Å²) in [7, 11) is 1.68. The molecule has 104 valence electrons. The summed E-state index contributed by atoms with van der Waals surface area (Å²) >= 11 is 3.45. The number of nitrogens with zero attached hydrogens (tertiary/aromatic N) is 1. The predicted molar refractivity (Wildman–Crippen MR) is 81.7 cm³/mol. The molecule has 4 nitrogen and oxygen atoms in total. The molecule has 2 rings (SSSR count). The Morgan fingerprint density at radius 3 is 2.60 bits per heavy atom. The molecule has 0 fully saturated rings. The van der Waals surface area contributed by atoms with Crippen molar-refractivity contribution in [3.8, 4) is 0 Å². The van der Waals surface area contributed by atoms with Gasteiger partial charge in [-0.1, -0.05) is 34.1 Å². The monoisotopic (exact) mass is 334 g/mol. The van der Waals surface area contributed by atoms with Gasteiger partial charge in [0.15, 0.2) is 0 Å². The normalized spacial score (nSPS) is 10.3. The first kappa shape index (κ1) is 14.5. The molecule has 0 saturated carbocycles. The third-order valence-corrected chi connectivity index (χ3v) is 3.77. The zero-order valence-electron chi connectivity index (χ0n) is 11.3. The van der Waals surface area contributed by atoms with E-state index in [1.807, 2.05) is 24.3 Å². The summed E-state index contributed by atoms with van der Waals surface area (Å²) in [6.07, 6.45) is 0. The Bertz CT molecular complexity index is 694. The molecule has 0 spiro atoms. The molecular weight excluding hydrogens is 320 g/mol. The van der Waals surface area contributed by atoms with Gasteiger partial charge in [0.05, 0.1) is 0 Å². The second kappa shape index (κ2) is 6.05. The Hall–Kier alpha value is -1.88. The van der Waals surface area contributed by atoms with Crippen LogP contribution in [0.5, 0.6) is 0 Å². The van der Waals surface area contributed by atoms with Crippen LogP contribution in [-0.4, -0.2) is 22.8 Å². The third-order valence-electron chi connectivity index (χ3n) is 3.00. The molecule has 1 amide bonds. The van der Waals surface area contributed by atoms with Gasteiger partial charge in [0.1, 0.15) is 5.56 Å². The van der Waals surface area contributed by atoms with E-state index in [2.05, 4.69) is 20.9 Å². The standard InChI is InChI=1S/C15H15BrN2O2/c1-10-7-8-12(14(19)17-10)15(20)18(2)9-11-5-3-4-6-13(11)16/h3-8H,9H2,1-2H3,(H,17,19). The summed E-state index contributed by atoms with van der Waals surface area (Å²) in [6, 6.07) is 11.0. The van der Waals surface area contributed by atoms with E-state index in [9.17, 15) is 9.59 Å². The second-order valence-electron chi connectivity index (χ2n) is 4.64. The first-order chi connectivity index (χ1) is 9.49. The molecule has 0 aliphatic heterocycles. The number of benzene rings is 1. The van der Waals surface area contributed by atoms with Crippen molar-refractivity contribution in [2.45, 2.75) is 13.5 Å². The lowest BCUT2D eigenvalue weighted by atomic mass is 10.2. The summed E-state index contributed by atoms with van der Waals surface area (Å²) < 4.78 is 0.942. The largest absolute Gasteiger partial charge is 0.337 e. The first-order valence-electron chi connectivity index (χ1n) is 6.18. The van der Waals surface area contributed by atoms with Crippen molar-refractivity contribution >= 4 is 21.8 Å². The lowest BCUT2D eigenvalue weighted by molar-refractivity contribution is 0.0783. The number of carbonyl (C=O) groups is 1. The topological polar surface area (TPSA) is 53.2 Å². The molecule has 1 N–H and O–H groups in total. The van der Waals surface area contributed by atoms with Gasteiger partial charge < -0.3 is 9.88 Å². The van der Waals surface area contributed by atoms with E-state index < -0.39 is 0 Å². The van der Waals surface area contributed by atoms with Crippen LogP contribution in [-0.2, 0) is 6.54 Å². The molecule has 5 heteroatoms. The number of amides is 1. The zero-order valence-corrected chi connectivity index (χ0v) is 12.9. The average molecular weight is 335 g/mol. The maximum atomic E-state index is 12.3. The van der Waals surface area contributed by atoms with Gasteiger partial charge in [-0.2, -0.15) is 0 Å². The van der Waals surface area contributed by atoms with Gasteiger partial charge in [0, 0.05) is 23.8 Å². The smallest absolute Gasteiger partial charge is 0.260 e. The highest BCUT2D eigenvalue weighted by Crippen LogP contribution is 2.17. The van der Waals surface area contributed by atoms with E-state index in [1.165, 1.54) is 4.90 Å². The molecule has 0 radical (unpaired) electrons. The molecule has 0 aliphatic carbocycles. The fraction of sp³-hybridized carbons (Fsp3) is 0.200. The highest BCUT2D eigenvalue weighted by Gasteiger charge is 2.16. The number of nitrogens with one attached hydrogen (secondary N) is 1. The van der Waals surface area contributed by atoms with Crippen molar-refractivity contribution in [1.29, 1.82) is 0 Å². The summed E-state index contributed by atoms with van der Waals surface area (Å²) in [5.74, 6) is -0.290. The Labute approximate surface area is 125 Å². The average Bonchev–Trinajstić information content (AvgIpc) is 2.40. The number of rotatable bonds is 3. The van der Waals surface area contributed by atoms with E-state index in [4.69, 9.17) is 0 Å². The predicted octanol–water partition coefficient (Wildman–Crippen LogP) is 2.72. The molecule has 20 heavy (non-hydrogen) atoms. The van der Waals surface area contributed by atoms with Crippen LogP contribution < -0.4 is 5.56 Å². The molecule has 1 heterocycles. The van der Waals surface area contributed by atoms with Crippen molar-refractivity contribution in [3.63, 3.8) is 0 Å². The van der Waals surface area contributed by atoms with Crippen LogP contribution in [0.25, 0.3) is 0 Å². The van der Waals surface area contributed by atoms with Crippen LogP contribution in [0.1, 0.15) is 21.6 Å². The fourth-order valence-corrected chi connectivity index (χ4v) is 2.31. The maximum Gasteiger partial charge on any atom is 0.260 e. The van der Waals surface area contributed by atoms with Crippen LogP contribution in [0.3, 0.4) is 0 Å². The number of carbonyl (C=O) groups excluding carboxylic acids is 1. The Morgan fingerprint density at radius 2 is 1.95 bits per heavy atom.